The van der Waals surface area contributed by atoms with Crippen molar-refractivity contribution in [3.63, 3.8) is 0 Å². The summed E-state index contributed by atoms with van der Waals surface area (Å²) in [5, 5.41) is 1.14. The van der Waals surface area contributed by atoms with Crippen molar-refractivity contribution in [1.82, 2.24) is 14.3 Å². The van der Waals surface area contributed by atoms with Crippen LogP contribution in [-0.2, 0) is 0 Å². The minimum Gasteiger partial charge on any atom is -0.344 e. The molecular formula is C13H22N4S. The molecule has 1 aliphatic heterocycles. The first-order valence-corrected chi connectivity index (χ1v) is 7.80. The van der Waals surface area contributed by atoms with E-state index in [9.17, 15) is 0 Å². The van der Waals surface area contributed by atoms with Crippen LogP contribution in [0.25, 0.3) is 0 Å². The summed E-state index contributed by atoms with van der Waals surface area (Å²) in [6.45, 7) is 10.3. The Morgan fingerprint density at radius 1 is 1.22 bits per heavy atom. The third-order valence-corrected chi connectivity index (χ3v) is 4.43. The molecule has 0 unspecified atom stereocenters. The molecule has 0 aromatic carbocycles. The van der Waals surface area contributed by atoms with E-state index in [-0.39, 0.29) is 0 Å². The number of hydrogen-bond acceptors (Lipinski definition) is 5. The summed E-state index contributed by atoms with van der Waals surface area (Å²) in [6.07, 6.45) is 2.58. The van der Waals surface area contributed by atoms with Crippen LogP contribution in [0, 0.1) is 5.92 Å². The number of hydrogen-bond donors (Lipinski definition) is 0. The Hall–Kier alpha value is -0.680. The van der Waals surface area contributed by atoms with Gasteiger partial charge in [-0.3, -0.25) is 4.90 Å². The van der Waals surface area contributed by atoms with Crippen LogP contribution in [0.15, 0.2) is 0 Å². The van der Waals surface area contributed by atoms with Gasteiger partial charge in [-0.1, -0.05) is 13.8 Å². The molecule has 2 aliphatic rings. The second-order valence-corrected chi connectivity index (χ2v) is 6.62. The van der Waals surface area contributed by atoms with Gasteiger partial charge in [0.25, 0.3) is 0 Å². The highest BCUT2D eigenvalue weighted by Crippen LogP contribution is 2.39. The molecule has 1 aliphatic carbocycles. The Labute approximate surface area is 113 Å². The second-order valence-electron chi connectivity index (χ2n) is 5.89. The SMILES string of the molecule is CC(C)CN1CCN(c2nc(C3CC3)ns2)CC1. The minimum absolute atomic E-state index is 0.678. The molecule has 4 nitrogen and oxygen atoms in total. The predicted molar refractivity (Wildman–Crippen MR) is 75.4 cm³/mol. The zero-order valence-corrected chi connectivity index (χ0v) is 12.1. The molecule has 1 aromatic rings. The molecule has 0 N–H and O–H groups in total. The molecule has 0 radical (unpaired) electrons. The summed E-state index contributed by atoms with van der Waals surface area (Å²) in [5.41, 5.74) is 0. The first-order chi connectivity index (χ1) is 8.72. The van der Waals surface area contributed by atoms with Crippen molar-refractivity contribution in [2.75, 3.05) is 37.6 Å². The van der Waals surface area contributed by atoms with Crippen LogP contribution in [0.5, 0.6) is 0 Å². The van der Waals surface area contributed by atoms with Crippen molar-refractivity contribution < 1.29 is 0 Å². The monoisotopic (exact) mass is 266 g/mol. The topological polar surface area (TPSA) is 32.3 Å². The van der Waals surface area contributed by atoms with E-state index < -0.39 is 0 Å². The molecule has 0 spiro atoms. The van der Waals surface area contributed by atoms with Gasteiger partial charge in [0.15, 0.2) is 0 Å². The maximum atomic E-state index is 4.70. The number of piperazine rings is 1. The molecule has 3 rings (SSSR count). The third kappa shape index (κ3) is 2.83. The van der Waals surface area contributed by atoms with Crippen molar-refractivity contribution in [2.45, 2.75) is 32.6 Å². The normalized spacial score (nSPS) is 21.8. The molecule has 2 fully saturated rings. The molecule has 5 heteroatoms. The average molecular weight is 266 g/mol. The highest BCUT2D eigenvalue weighted by Gasteiger charge is 2.29. The van der Waals surface area contributed by atoms with Crippen LogP contribution >= 0.6 is 11.5 Å². The summed E-state index contributed by atoms with van der Waals surface area (Å²) in [5.74, 6) is 2.54. The number of aromatic nitrogens is 2. The van der Waals surface area contributed by atoms with E-state index in [0.717, 1.165) is 43.1 Å². The van der Waals surface area contributed by atoms with Crippen molar-refractivity contribution in [3.8, 4) is 0 Å². The molecule has 0 amide bonds. The quantitative estimate of drug-likeness (QED) is 0.836. The third-order valence-electron chi connectivity index (χ3n) is 3.64. The summed E-state index contributed by atoms with van der Waals surface area (Å²) < 4.78 is 4.50. The van der Waals surface area contributed by atoms with Crippen LogP contribution in [-0.4, -0.2) is 47.0 Å². The number of rotatable bonds is 4. The average Bonchev–Trinajstić information content (AvgIpc) is 3.08. The maximum Gasteiger partial charge on any atom is 0.205 e. The van der Waals surface area contributed by atoms with Crippen LogP contribution in [0.3, 0.4) is 0 Å². The van der Waals surface area contributed by atoms with Crippen molar-refractivity contribution in [2.24, 2.45) is 5.92 Å². The lowest BCUT2D eigenvalue weighted by Crippen LogP contribution is -2.47. The molecule has 1 saturated heterocycles. The lowest BCUT2D eigenvalue weighted by atomic mass is 10.2. The van der Waals surface area contributed by atoms with Gasteiger partial charge in [-0.25, -0.2) is 4.98 Å². The lowest BCUT2D eigenvalue weighted by Gasteiger charge is -2.35. The Balaban J connectivity index is 1.54. The van der Waals surface area contributed by atoms with E-state index in [1.807, 2.05) is 0 Å². The van der Waals surface area contributed by atoms with Crippen LogP contribution < -0.4 is 4.90 Å². The summed E-state index contributed by atoms with van der Waals surface area (Å²) in [6, 6.07) is 0. The predicted octanol–water partition coefficient (Wildman–Crippen LogP) is 2.19. The maximum absolute atomic E-state index is 4.70. The van der Waals surface area contributed by atoms with Gasteiger partial charge in [0, 0.05) is 50.2 Å². The van der Waals surface area contributed by atoms with Gasteiger partial charge in [0.1, 0.15) is 5.82 Å². The van der Waals surface area contributed by atoms with E-state index in [1.165, 1.54) is 19.4 Å². The van der Waals surface area contributed by atoms with Gasteiger partial charge in [-0.2, -0.15) is 4.37 Å². The van der Waals surface area contributed by atoms with Crippen molar-refractivity contribution >= 4 is 16.7 Å². The molecular weight excluding hydrogens is 244 g/mol. The Kier molecular flexibility index (Phi) is 3.52. The summed E-state index contributed by atoms with van der Waals surface area (Å²) >= 11 is 1.59. The van der Waals surface area contributed by atoms with Gasteiger partial charge in [0.2, 0.25) is 5.13 Å². The van der Waals surface area contributed by atoms with E-state index in [0.29, 0.717) is 5.92 Å². The van der Waals surface area contributed by atoms with E-state index >= 15 is 0 Å². The Morgan fingerprint density at radius 2 is 1.94 bits per heavy atom. The highest BCUT2D eigenvalue weighted by atomic mass is 32.1. The van der Waals surface area contributed by atoms with Crippen LogP contribution in [0.4, 0.5) is 5.13 Å². The molecule has 18 heavy (non-hydrogen) atoms. The zero-order chi connectivity index (χ0) is 12.5. The van der Waals surface area contributed by atoms with E-state index in [4.69, 9.17) is 4.98 Å². The molecule has 0 bridgehead atoms. The molecule has 100 valence electrons. The summed E-state index contributed by atoms with van der Waals surface area (Å²) in [4.78, 5) is 9.66. The molecule has 0 atom stereocenters. The first kappa shape index (κ1) is 12.4. The molecule has 1 saturated carbocycles. The van der Waals surface area contributed by atoms with Gasteiger partial charge in [-0.05, 0) is 18.8 Å². The van der Waals surface area contributed by atoms with Crippen molar-refractivity contribution in [1.29, 1.82) is 0 Å². The lowest BCUT2D eigenvalue weighted by molar-refractivity contribution is 0.231. The van der Waals surface area contributed by atoms with E-state index in [1.54, 1.807) is 11.5 Å². The minimum atomic E-state index is 0.678. The first-order valence-electron chi connectivity index (χ1n) is 7.03. The van der Waals surface area contributed by atoms with Gasteiger partial charge in [-0.15, -0.1) is 0 Å². The van der Waals surface area contributed by atoms with Crippen LogP contribution in [0.2, 0.25) is 0 Å². The number of nitrogens with zero attached hydrogens (tertiary/aromatic N) is 4. The fraction of sp³-hybridized carbons (Fsp3) is 0.846. The fourth-order valence-corrected chi connectivity index (χ4v) is 3.30. The molecule has 2 heterocycles. The molecule has 1 aromatic heterocycles. The smallest absolute Gasteiger partial charge is 0.205 e. The van der Waals surface area contributed by atoms with Crippen molar-refractivity contribution in [3.05, 3.63) is 5.82 Å². The largest absolute Gasteiger partial charge is 0.344 e. The second kappa shape index (κ2) is 5.13. The van der Waals surface area contributed by atoms with Gasteiger partial charge in [0.05, 0.1) is 0 Å². The van der Waals surface area contributed by atoms with Gasteiger partial charge >= 0.3 is 0 Å². The van der Waals surface area contributed by atoms with Crippen LogP contribution in [0.1, 0.15) is 38.4 Å². The Morgan fingerprint density at radius 3 is 2.56 bits per heavy atom. The summed E-state index contributed by atoms with van der Waals surface area (Å²) in [7, 11) is 0. The zero-order valence-electron chi connectivity index (χ0n) is 11.3. The highest BCUT2D eigenvalue weighted by molar-refractivity contribution is 7.09. The van der Waals surface area contributed by atoms with Gasteiger partial charge < -0.3 is 4.90 Å². The van der Waals surface area contributed by atoms with E-state index in [2.05, 4.69) is 28.0 Å². The Bertz CT molecular complexity index is 391. The number of anilines is 1. The fourth-order valence-electron chi connectivity index (χ4n) is 2.50. The standard InChI is InChI=1S/C13H22N4S/c1-10(2)9-16-5-7-17(8-6-16)13-14-12(15-18-13)11-3-4-11/h10-11H,3-9H2,1-2H3.